The molecule has 1 aliphatic rings. The summed E-state index contributed by atoms with van der Waals surface area (Å²) in [6.45, 7) is 6.64. The number of halogens is 2. The topological polar surface area (TPSA) is 70.1 Å². The van der Waals surface area contributed by atoms with Gasteiger partial charge in [-0.05, 0) is 92.3 Å². The molecule has 1 heterocycles. The minimum absolute atomic E-state index is 0.323. The third kappa shape index (κ3) is 6.21. The summed E-state index contributed by atoms with van der Waals surface area (Å²) >= 11 is 9.89. The molecule has 1 aliphatic heterocycles. The van der Waals surface area contributed by atoms with Crippen LogP contribution in [0.2, 0.25) is 10.0 Å². The van der Waals surface area contributed by atoms with Crippen molar-refractivity contribution in [1.29, 1.82) is 0 Å². The Hall–Kier alpha value is -2.58. The summed E-state index contributed by atoms with van der Waals surface area (Å²) in [5.74, 6) is 0. The molecule has 1 amide bonds. The van der Waals surface area contributed by atoms with E-state index in [1.165, 1.54) is 4.31 Å². The maximum Gasteiger partial charge on any atom is 0.410 e. The SMILES string of the molecule is CC(C)(C)OC(=O)N1CCc2ccc(N(c3ccc(-c4ccc(Cl)c(Cl)c4)cc3)S(=O)O)cc2CC1. The van der Waals surface area contributed by atoms with Crippen LogP contribution in [0.3, 0.4) is 0 Å². The minimum atomic E-state index is -2.28. The number of anilines is 2. The molecule has 0 saturated heterocycles. The number of ether oxygens (including phenoxy) is 1. The fourth-order valence-electron chi connectivity index (χ4n) is 4.14. The van der Waals surface area contributed by atoms with E-state index in [0.717, 1.165) is 22.3 Å². The van der Waals surface area contributed by atoms with E-state index in [0.29, 0.717) is 47.4 Å². The summed E-state index contributed by atoms with van der Waals surface area (Å²) in [7, 11) is 0. The Bertz CT molecular complexity index is 1290. The van der Waals surface area contributed by atoms with Gasteiger partial charge in [-0.15, -0.1) is 0 Å². The van der Waals surface area contributed by atoms with Gasteiger partial charge in [0.1, 0.15) is 5.60 Å². The number of rotatable bonds is 4. The molecule has 0 aromatic heterocycles. The van der Waals surface area contributed by atoms with Crippen LogP contribution in [0, 0.1) is 0 Å². The van der Waals surface area contributed by atoms with Crippen molar-refractivity contribution < 1.29 is 18.3 Å². The Morgan fingerprint density at radius 1 is 0.889 bits per heavy atom. The molecule has 3 aromatic rings. The largest absolute Gasteiger partial charge is 0.444 e. The molecular formula is C27H28Cl2N2O4S. The number of carbonyl (C=O) groups excluding carboxylic acids is 1. The summed E-state index contributed by atoms with van der Waals surface area (Å²) < 4.78 is 29.4. The standard InChI is InChI=1S/C27H28Cl2N2O4S/c1-27(2,3)35-26(32)30-14-12-19-6-10-23(16-21(19)13-15-30)31(36(33)34)22-8-4-18(5-9-22)20-7-11-24(28)25(29)17-20/h4-11,16-17H,12-15H2,1-3H3,(H,33,34). The molecule has 1 unspecified atom stereocenters. The van der Waals surface area contributed by atoms with Crippen LogP contribution in [0.1, 0.15) is 31.9 Å². The molecule has 3 aromatic carbocycles. The molecule has 36 heavy (non-hydrogen) atoms. The quantitative estimate of drug-likeness (QED) is 0.349. The molecular weight excluding hydrogens is 519 g/mol. The fraction of sp³-hybridized carbons (Fsp3) is 0.296. The molecule has 1 N–H and O–H groups in total. The van der Waals surface area contributed by atoms with E-state index in [2.05, 4.69) is 0 Å². The lowest BCUT2D eigenvalue weighted by Gasteiger charge is -2.26. The van der Waals surface area contributed by atoms with Gasteiger partial charge in [-0.1, -0.05) is 47.5 Å². The molecule has 0 bridgehead atoms. The van der Waals surface area contributed by atoms with Crippen molar-refractivity contribution in [3.8, 4) is 11.1 Å². The third-order valence-electron chi connectivity index (χ3n) is 5.89. The second-order valence-corrected chi connectivity index (χ2v) is 11.3. The molecule has 1 atom stereocenters. The summed E-state index contributed by atoms with van der Waals surface area (Å²) in [6.07, 6.45) is 0.996. The van der Waals surface area contributed by atoms with E-state index >= 15 is 0 Å². The van der Waals surface area contributed by atoms with Gasteiger partial charge in [0.15, 0.2) is 0 Å². The van der Waals surface area contributed by atoms with Gasteiger partial charge in [-0.2, -0.15) is 0 Å². The predicted octanol–water partition coefficient (Wildman–Crippen LogP) is 7.27. The van der Waals surface area contributed by atoms with Crippen molar-refractivity contribution in [3.05, 3.63) is 81.8 Å². The van der Waals surface area contributed by atoms with E-state index < -0.39 is 16.9 Å². The third-order valence-corrected chi connectivity index (χ3v) is 7.36. The van der Waals surface area contributed by atoms with Crippen LogP contribution < -0.4 is 4.31 Å². The van der Waals surface area contributed by atoms with E-state index in [-0.39, 0.29) is 6.09 Å². The zero-order valence-electron chi connectivity index (χ0n) is 20.3. The first-order valence-electron chi connectivity index (χ1n) is 11.6. The van der Waals surface area contributed by atoms with Gasteiger partial charge in [0.25, 0.3) is 11.3 Å². The monoisotopic (exact) mass is 546 g/mol. The van der Waals surface area contributed by atoms with Gasteiger partial charge in [0.05, 0.1) is 21.4 Å². The highest BCUT2D eigenvalue weighted by Gasteiger charge is 2.25. The van der Waals surface area contributed by atoms with Crippen LogP contribution in [-0.4, -0.2) is 38.4 Å². The van der Waals surface area contributed by atoms with Crippen molar-refractivity contribution in [1.82, 2.24) is 4.90 Å². The van der Waals surface area contributed by atoms with Gasteiger partial charge in [0.2, 0.25) is 0 Å². The summed E-state index contributed by atoms with van der Waals surface area (Å²) in [4.78, 5) is 14.3. The molecule has 6 nitrogen and oxygen atoms in total. The molecule has 4 rings (SSSR count). The lowest BCUT2D eigenvalue weighted by Crippen LogP contribution is -2.38. The van der Waals surface area contributed by atoms with Crippen LogP contribution >= 0.6 is 23.2 Å². The Labute approximate surface area is 224 Å². The number of benzene rings is 3. The summed E-state index contributed by atoms with van der Waals surface area (Å²) in [6, 6.07) is 18.5. The molecule has 0 spiro atoms. The Kier molecular flexibility index (Phi) is 7.95. The lowest BCUT2D eigenvalue weighted by atomic mass is 10.0. The normalized spacial score (nSPS) is 14.6. The minimum Gasteiger partial charge on any atom is -0.444 e. The highest BCUT2D eigenvalue weighted by atomic mass is 35.5. The molecule has 9 heteroatoms. The van der Waals surface area contributed by atoms with Crippen LogP contribution in [0.4, 0.5) is 16.2 Å². The van der Waals surface area contributed by atoms with Crippen LogP contribution in [0.15, 0.2) is 60.7 Å². The molecule has 0 radical (unpaired) electrons. The average molecular weight is 548 g/mol. The molecule has 0 aliphatic carbocycles. The van der Waals surface area contributed by atoms with Crippen LogP contribution in [0.5, 0.6) is 0 Å². The molecule has 0 saturated carbocycles. The van der Waals surface area contributed by atoms with Crippen LogP contribution in [0.25, 0.3) is 11.1 Å². The number of nitrogens with zero attached hydrogens (tertiary/aromatic N) is 2. The fourth-order valence-corrected chi connectivity index (χ4v) is 5.04. The maximum atomic E-state index is 12.5. The van der Waals surface area contributed by atoms with Gasteiger partial charge >= 0.3 is 6.09 Å². The number of amides is 1. The maximum absolute atomic E-state index is 12.5. The number of fused-ring (bicyclic) bond motifs is 1. The zero-order chi connectivity index (χ0) is 26.0. The highest BCUT2D eigenvalue weighted by molar-refractivity contribution is 7.81. The number of carbonyl (C=O) groups is 1. The first-order valence-corrected chi connectivity index (χ1v) is 13.4. The molecule has 190 valence electrons. The Morgan fingerprint density at radius 2 is 1.50 bits per heavy atom. The highest BCUT2D eigenvalue weighted by Crippen LogP contribution is 2.33. The number of hydrogen-bond acceptors (Lipinski definition) is 3. The van der Waals surface area contributed by atoms with E-state index in [9.17, 15) is 13.6 Å². The molecule has 0 fully saturated rings. The van der Waals surface area contributed by atoms with Crippen molar-refractivity contribution in [3.63, 3.8) is 0 Å². The summed E-state index contributed by atoms with van der Waals surface area (Å²) in [5.41, 5.74) is 4.58. The smallest absolute Gasteiger partial charge is 0.410 e. The Balaban J connectivity index is 1.56. The second-order valence-electron chi connectivity index (χ2n) is 9.62. The van der Waals surface area contributed by atoms with Gasteiger partial charge < -0.3 is 9.64 Å². The zero-order valence-corrected chi connectivity index (χ0v) is 22.7. The van der Waals surface area contributed by atoms with Crippen molar-refractivity contribution >= 4 is 51.9 Å². The summed E-state index contributed by atoms with van der Waals surface area (Å²) in [5, 5.41) is 0.947. The Morgan fingerprint density at radius 3 is 2.11 bits per heavy atom. The van der Waals surface area contributed by atoms with Crippen molar-refractivity contribution in [2.45, 2.75) is 39.2 Å². The number of hydrogen-bond donors (Lipinski definition) is 1. The second kappa shape index (κ2) is 10.8. The van der Waals surface area contributed by atoms with E-state index in [1.54, 1.807) is 29.2 Å². The first-order chi connectivity index (χ1) is 17.0. The predicted molar refractivity (Wildman–Crippen MR) is 146 cm³/mol. The average Bonchev–Trinajstić information content (AvgIpc) is 3.03. The van der Waals surface area contributed by atoms with Gasteiger partial charge in [-0.3, -0.25) is 4.55 Å². The van der Waals surface area contributed by atoms with Crippen molar-refractivity contribution in [2.24, 2.45) is 0 Å². The lowest BCUT2D eigenvalue weighted by molar-refractivity contribution is 0.0258. The van der Waals surface area contributed by atoms with Crippen molar-refractivity contribution in [2.75, 3.05) is 17.4 Å². The van der Waals surface area contributed by atoms with Gasteiger partial charge in [0, 0.05) is 13.1 Å². The van der Waals surface area contributed by atoms with Crippen LogP contribution in [-0.2, 0) is 28.8 Å². The first kappa shape index (κ1) is 26.5. The van der Waals surface area contributed by atoms with E-state index in [4.69, 9.17) is 27.9 Å². The van der Waals surface area contributed by atoms with Gasteiger partial charge in [-0.25, -0.2) is 13.3 Å². The van der Waals surface area contributed by atoms with E-state index in [1.807, 2.05) is 57.2 Å².